The van der Waals surface area contributed by atoms with Crippen molar-refractivity contribution in [3.63, 3.8) is 0 Å². The monoisotopic (exact) mass is 315 g/mol. The van der Waals surface area contributed by atoms with Crippen LogP contribution in [-0.2, 0) is 0 Å². The van der Waals surface area contributed by atoms with Gasteiger partial charge in [0.2, 0.25) is 0 Å². The van der Waals surface area contributed by atoms with Crippen LogP contribution in [0.1, 0.15) is 10.4 Å². The largest absolute Gasteiger partial charge is 0.506 e. The molecule has 0 unspecified atom stereocenters. The van der Waals surface area contributed by atoms with Crippen LogP contribution in [0.5, 0.6) is 5.75 Å². The molecule has 0 aliphatic carbocycles. The molecule has 0 saturated heterocycles. The lowest BCUT2D eigenvalue weighted by molar-refractivity contribution is 0.102. The third kappa shape index (κ3) is 3.32. The van der Waals surface area contributed by atoms with Crippen molar-refractivity contribution < 1.29 is 9.90 Å². The fourth-order valence-corrected chi connectivity index (χ4v) is 2.02. The lowest BCUT2D eigenvalue weighted by Gasteiger charge is -2.09. The van der Waals surface area contributed by atoms with Crippen LogP contribution in [0.4, 0.5) is 5.69 Å². The van der Waals surface area contributed by atoms with Gasteiger partial charge >= 0.3 is 0 Å². The molecule has 0 bridgehead atoms. The van der Waals surface area contributed by atoms with Gasteiger partial charge in [-0.15, -0.1) is 0 Å². The summed E-state index contributed by atoms with van der Waals surface area (Å²) < 4.78 is 0. The normalized spacial score (nSPS) is 10.3. The topological polar surface area (TPSA) is 49.3 Å². The number of hydrogen-bond donors (Lipinski definition) is 2. The number of phenolic OH excluding ortho intramolecular Hbond substituents is 1. The summed E-state index contributed by atoms with van der Waals surface area (Å²) in [4.78, 5) is 12.0. The summed E-state index contributed by atoms with van der Waals surface area (Å²) in [7, 11) is 0. The highest BCUT2D eigenvalue weighted by molar-refractivity contribution is 6.36. The number of nitrogens with one attached hydrogen (secondary N) is 1. The molecular weight excluding hydrogens is 309 g/mol. The fraction of sp³-hybridized carbons (Fsp3) is 0. The lowest BCUT2D eigenvalue weighted by atomic mass is 10.2. The molecule has 0 saturated carbocycles. The molecule has 6 heteroatoms. The van der Waals surface area contributed by atoms with E-state index in [2.05, 4.69) is 5.32 Å². The van der Waals surface area contributed by atoms with Gasteiger partial charge in [-0.1, -0.05) is 34.8 Å². The molecule has 2 aromatic carbocycles. The van der Waals surface area contributed by atoms with Gasteiger partial charge in [0.1, 0.15) is 5.75 Å². The molecule has 2 aromatic rings. The van der Waals surface area contributed by atoms with Crippen molar-refractivity contribution in [2.24, 2.45) is 0 Å². The molecule has 0 heterocycles. The van der Waals surface area contributed by atoms with Crippen molar-refractivity contribution in [3.8, 4) is 5.75 Å². The van der Waals surface area contributed by atoms with Gasteiger partial charge in [0.05, 0.1) is 16.3 Å². The Morgan fingerprint density at radius 1 is 1.00 bits per heavy atom. The van der Waals surface area contributed by atoms with Crippen LogP contribution in [0.2, 0.25) is 15.1 Å². The molecule has 0 radical (unpaired) electrons. The summed E-state index contributed by atoms with van der Waals surface area (Å²) in [5.41, 5.74) is 0.419. The summed E-state index contributed by atoms with van der Waals surface area (Å²) in [5.74, 6) is -0.569. The highest BCUT2D eigenvalue weighted by atomic mass is 35.5. The Bertz CT molecular complexity index is 644. The number of anilines is 1. The third-order valence-electron chi connectivity index (χ3n) is 2.38. The van der Waals surface area contributed by atoms with Crippen LogP contribution in [0.15, 0.2) is 36.4 Å². The van der Waals surface area contributed by atoms with Crippen LogP contribution in [0, 0.1) is 0 Å². The maximum atomic E-state index is 12.0. The Hall–Kier alpha value is -1.42. The standard InChI is InChI=1S/C13H8Cl3NO2/c14-7-1-3-10(16)9(5-7)13(19)17-11-6-8(15)2-4-12(11)18/h1-6,18H,(H,17,19). The van der Waals surface area contributed by atoms with E-state index in [1.807, 2.05) is 0 Å². The van der Waals surface area contributed by atoms with Crippen molar-refractivity contribution in [1.29, 1.82) is 0 Å². The molecule has 2 rings (SSSR count). The Balaban J connectivity index is 2.30. The molecule has 1 amide bonds. The SMILES string of the molecule is O=C(Nc1cc(Cl)ccc1O)c1cc(Cl)ccc1Cl. The van der Waals surface area contributed by atoms with E-state index in [4.69, 9.17) is 34.8 Å². The first-order valence-corrected chi connectivity index (χ1v) is 6.35. The number of aromatic hydroxyl groups is 1. The zero-order valence-corrected chi connectivity index (χ0v) is 11.7. The van der Waals surface area contributed by atoms with Crippen LogP contribution < -0.4 is 5.32 Å². The average Bonchev–Trinajstić information content (AvgIpc) is 2.36. The van der Waals surface area contributed by atoms with E-state index in [-0.39, 0.29) is 22.0 Å². The Morgan fingerprint density at radius 2 is 1.63 bits per heavy atom. The van der Waals surface area contributed by atoms with Crippen molar-refractivity contribution >= 4 is 46.4 Å². The van der Waals surface area contributed by atoms with Crippen LogP contribution in [0.25, 0.3) is 0 Å². The fourth-order valence-electron chi connectivity index (χ4n) is 1.47. The highest BCUT2D eigenvalue weighted by Crippen LogP contribution is 2.28. The lowest BCUT2D eigenvalue weighted by Crippen LogP contribution is -2.12. The van der Waals surface area contributed by atoms with E-state index in [1.165, 1.54) is 30.3 Å². The van der Waals surface area contributed by atoms with E-state index in [0.717, 1.165) is 0 Å². The highest BCUT2D eigenvalue weighted by Gasteiger charge is 2.13. The molecule has 0 aliphatic rings. The number of carbonyl (C=O) groups is 1. The smallest absolute Gasteiger partial charge is 0.257 e. The minimum atomic E-state index is -0.481. The van der Waals surface area contributed by atoms with Gasteiger partial charge in [-0.05, 0) is 36.4 Å². The first-order chi connectivity index (χ1) is 8.97. The Morgan fingerprint density at radius 3 is 2.37 bits per heavy atom. The van der Waals surface area contributed by atoms with Gasteiger partial charge in [0, 0.05) is 10.0 Å². The second-order valence-corrected chi connectivity index (χ2v) is 5.02. The number of phenols is 1. The van der Waals surface area contributed by atoms with Crippen LogP contribution in [0.3, 0.4) is 0 Å². The number of amides is 1. The predicted molar refractivity (Wildman–Crippen MR) is 77.5 cm³/mol. The van der Waals surface area contributed by atoms with Crippen LogP contribution in [-0.4, -0.2) is 11.0 Å². The quantitative estimate of drug-likeness (QED) is 0.795. The first kappa shape index (κ1) is 14.0. The molecular formula is C13H8Cl3NO2. The molecule has 0 spiro atoms. The van der Waals surface area contributed by atoms with E-state index < -0.39 is 5.91 Å². The number of carbonyl (C=O) groups excluding carboxylic acids is 1. The number of benzene rings is 2. The molecule has 0 fully saturated rings. The molecule has 0 aliphatic heterocycles. The average molecular weight is 317 g/mol. The molecule has 0 atom stereocenters. The minimum Gasteiger partial charge on any atom is -0.506 e. The zero-order chi connectivity index (χ0) is 14.0. The van der Waals surface area contributed by atoms with E-state index in [1.54, 1.807) is 6.07 Å². The first-order valence-electron chi connectivity index (χ1n) is 5.22. The molecule has 2 N–H and O–H groups in total. The zero-order valence-electron chi connectivity index (χ0n) is 9.45. The van der Waals surface area contributed by atoms with Gasteiger partial charge in [-0.3, -0.25) is 4.79 Å². The maximum Gasteiger partial charge on any atom is 0.257 e. The minimum absolute atomic E-state index is 0.0871. The summed E-state index contributed by atoms with van der Waals surface area (Å²) in [6.45, 7) is 0. The van der Waals surface area contributed by atoms with Gasteiger partial charge in [0.15, 0.2) is 0 Å². The molecule has 3 nitrogen and oxygen atoms in total. The van der Waals surface area contributed by atoms with Crippen molar-refractivity contribution in [2.45, 2.75) is 0 Å². The molecule has 98 valence electrons. The van der Waals surface area contributed by atoms with E-state index in [0.29, 0.717) is 10.0 Å². The van der Waals surface area contributed by atoms with Crippen molar-refractivity contribution in [2.75, 3.05) is 5.32 Å². The van der Waals surface area contributed by atoms with E-state index in [9.17, 15) is 9.90 Å². The predicted octanol–water partition coefficient (Wildman–Crippen LogP) is 4.60. The van der Waals surface area contributed by atoms with E-state index >= 15 is 0 Å². The molecule has 0 aromatic heterocycles. The van der Waals surface area contributed by atoms with Crippen molar-refractivity contribution in [3.05, 3.63) is 57.0 Å². The summed E-state index contributed by atoms with van der Waals surface area (Å²) in [6, 6.07) is 8.89. The van der Waals surface area contributed by atoms with Gasteiger partial charge in [-0.25, -0.2) is 0 Å². The van der Waals surface area contributed by atoms with Crippen LogP contribution >= 0.6 is 34.8 Å². The Labute approximate surface area is 124 Å². The second-order valence-electron chi connectivity index (χ2n) is 3.74. The van der Waals surface area contributed by atoms with Gasteiger partial charge in [0.25, 0.3) is 5.91 Å². The van der Waals surface area contributed by atoms with Gasteiger partial charge in [-0.2, -0.15) is 0 Å². The number of rotatable bonds is 2. The molecule has 19 heavy (non-hydrogen) atoms. The van der Waals surface area contributed by atoms with Crippen molar-refractivity contribution in [1.82, 2.24) is 0 Å². The Kier molecular flexibility index (Phi) is 4.20. The van der Waals surface area contributed by atoms with Gasteiger partial charge < -0.3 is 10.4 Å². The summed E-state index contributed by atoms with van der Waals surface area (Å²) in [6.07, 6.45) is 0. The number of halogens is 3. The third-order valence-corrected chi connectivity index (χ3v) is 3.18. The second kappa shape index (κ2) is 5.70. The summed E-state index contributed by atoms with van der Waals surface area (Å²) in [5, 5.41) is 13.2. The summed E-state index contributed by atoms with van der Waals surface area (Å²) >= 11 is 17.5. The number of hydrogen-bond acceptors (Lipinski definition) is 2. The maximum absolute atomic E-state index is 12.0.